The molecule has 23 heavy (non-hydrogen) atoms. The van der Waals surface area contributed by atoms with Crippen LogP contribution in [0.4, 0.5) is 4.39 Å². The first-order valence-electron chi connectivity index (χ1n) is 8.22. The highest BCUT2D eigenvalue weighted by atomic mass is 35.5. The number of benzene rings is 1. The van der Waals surface area contributed by atoms with Gasteiger partial charge in [-0.2, -0.15) is 0 Å². The third-order valence-corrected chi connectivity index (χ3v) is 4.86. The number of hydrogen-bond acceptors (Lipinski definition) is 4. The minimum Gasteiger partial charge on any atom is -0.387 e. The first-order valence-corrected chi connectivity index (χ1v) is 8.22. The molecule has 3 N–H and O–H groups in total. The van der Waals surface area contributed by atoms with E-state index in [0.29, 0.717) is 24.5 Å². The molecule has 3 rings (SSSR count). The van der Waals surface area contributed by atoms with Crippen LogP contribution < -0.4 is 10.6 Å². The number of halogens is 2. The molecule has 130 valence electrons. The molecule has 2 aliphatic rings. The Morgan fingerprint density at radius 2 is 2.09 bits per heavy atom. The molecule has 1 aromatic carbocycles. The average Bonchev–Trinajstić information content (AvgIpc) is 3.02. The van der Waals surface area contributed by atoms with E-state index in [9.17, 15) is 9.50 Å². The standard InChI is InChI=1S/C17H25FN2O2.ClH/c18-13-6-4-12(5-7-13)17(21)10-20-15-3-1-2-14(15)16-11-22-9-8-19-16;/h4-7,14-17,19-21H,1-3,8-11H2;1H. The van der Waals surface area contributed by atoms with Gasteiger partial charge in [-0.1, -0.05) is 18.6 Å². The summed E-state index contributed by atoms with van der Waals surface area (Å²) < 4.78 is 18.5. The maximum absolute atomic E-state index is 12.9. The van der Waals surface area contributed by atoms with Gasteiger partial charge in [0.05, 0.1) is 19.3 Å². The molecule has 0 aromatic heterocycles. The van der Waals surface area contributed by atoms with Crippen molar-refractivity contribution in [1.29, 1.82) is 0 Å². The average molecular weight is 345 g/mol. The van der Waals surface area contributed by atoms with Crippen LogP contribution in [-0.2, 0) is 4.74 Å². The zero-order chi connectivity index (χ0) is 15.4. The van der Waals surface area contributed by atoms with Crippen molar-refractivity contribution in [3.8, 4) is 0 Å². The Hall–Kier alpha value is -0.720. The smallest absolute Gasteiger partial charge is 0.123 e. The largest absolute Gasteiger partial charge is 0.387 e. The Bertz CT molecular complexity index is 468. The summed E-state index contributed by atoms with van der Waals surface area (Å²) in [5.74, 6) is 0.281. The number of aliphatic hydroxyl groups is 1. The Kier molecular flexibility index (Phi) is 7.24. The molecule has 4 nitrogen and oxygen atoms in total. The van der Waals surface area contributed by atoms with Crippen molar-refractivity contribution >= 4 is 12.4 Å². The monoisotopic (exact) mass is 344 g/mol. The number of ether oxygens (including phenoxy) is 1. The Morgan fingerprint density at radius 1 is 1.30 bits per heavy atom. The van der Waals surface area contributed by atoms with Crippen LogP contribution >= 0.6 is 12.4 Å². The summed E-state index contributed by atoms with van der Waals surface area (Å²) in [5, 5.41) is 17.3. The van der Waals surface area contributed by atoms with E-state index in [1.807, 2.05) is 0 Å². The molecule has 1 aliphatic heterocycles. The summed E-state index contributed by atoms with van der Waals surface area (Å²) in [6, 6.07) is 6.89. The lowest BCUT2D eigenvalue weighted by atomic mass is 9.93. The summed E-state index contributed by atoms with van der Waals surface area (Å²) >= 11 is 0. The fourth-order valence-corrected chi connectivity index (χ4v) is 3.65. The number of aliphatic hydroxyl groups excluding tert-OH is 1. The van der Waals surface area contributed by atoms with Gasteiger partial charge in [0.25, 0.3) is 0 Å². The maximum Gasteiger partial charge on any atom is 0.123 e. The molecule has 1 saturated heterocycles. The summed E-state index contributed by atoms with van der Waals surface area (Å²) in [6.07, 6.45) is 2.95. The van der Waals surface area contributed by atoms with Crippen LogP contribution in [0.2, 0.25) is 0 Å². The molecule has 0 spiro atoms. The van der Waals surface area contributed by atoms with E-state index in [1.54, 1.807) is 12.1 Å². The van der Waals surface area contributed by atoms with Gasteiger partial charge < -0.3 is 20.5 Å². The van der Waals surface area contributed by atoms with E-state index in [0.717, 1.165) is 31.7 Å². The van der Waals surface area contributed by atoms with Gasteiger partial charge in [-0.15, -0.1) is 12.4 Å². The van der Waals surface area contributed by atoms with Crippen LogP contribution in [0.25, 0.3) is 0 Å². The fraction of sp³-hybridized carbons (Fsp3) is 0.647. The van der Waals surface area contributed by atoms with Gasteiger partial charge in [-0.25, -0.2) is 4.39 Å². The van der Waals surface area contributed by atoms with E-state index in [2.05, 4.69) is 10.6 Å². The second-order valence-corrected chi connectivity index (χ2v) is 6.31. The van der Waals surface area contributed by atoms with Crippen LogP contribution in [0, 0.1) is 11.7 Å². The quantitative estimate of drug-likeness (QED) is 0.765. The summed E-state index contributed by atoms with van der Waals surface area (Å²) in [5.41, 5.74) is 0.752. The van der Waals surface area contributed by atoms with Gasteiger partial charge in [0.1, 0.15) is 5.82 Å². The van der Waals surface area contributed by atoms with Gasteiger partial charge in [-0.3, -0.25) is 0 Å². The lowest BCUT2D eigenvalue weighted by Gasteiger charge is -2.33. The third kappa shape index (κ3) is 4.88. The van der Waals surface area contributed by atoms with Crippen LogP contribution in [0.5, 0.6) is 0 Å². The second-order valence-electron chi connectivity index (χ2n) is 6.31. The number of nitrogens with one attached hydrogen (secondary N) is 2. The molecule has 2 fully saturated rings. The first kappa shape index (κ1) is 18.6. The molecular weight excluding hydrogens is 319 g/mol. The summed E-state index contributed by atoms with van der Waals surface area (Å²) in [6.45, 7) is 3.00. The van der Waals surface area contributed by atoms with Crippen molar-refractivity contribution < 1.29 is 14.2 Å². The lowest BCUT2D eigenvalue weighted by Crippen LogP contribution is -2.51. The maximum atomic E-state index is 12.9. The summed E-state index contributed by atoms with van der Waals surface area (Å²) in [7, 11) is 0. The zero-order valence-electron chi connectivity index (χ0n) is 13.2. The van der Waals surface area contributed by atoms with Crippen molar-refractivity contribution in [3.63, 3.8) is 0 Å². The minimum atomic E-state index is -0.600. The van der Waals surface area contributed by atoms with Crippen molar-refractivity contribution in [1.82, 2.24) is 10.6 Å². The normalized spacial score (nSPS) is 29.0. The van der Waals surface area contributed by atoms with E-state index in [1.165, 1.54) is 25.0 Å². The fourth-order valence-electron chi connectivity index (χ4n) is 3.65. The van der Waals surface area contributed by atoms with Crippen molar-refractivity contribution in [2.45, 2.75) is 37.5 Å². The van der Waals surface area contributed by atoms with Gasteiger partial charge in [0, 0.05) is 25.2 Å². The van der Waals surface area contributed by atoms with E-state index >= 15 is 0 Å². The third-order valence-electron chi connectivity index (χ3n) is 4.86. The molecule has 4 atom stereocenters. The summed E-state index contributed by atoms with van der Waals surface area (Å²) in [4.78, 5) is 0. The van der Waals surface area contributed by atoms with E-state index < -0.39 is 6.10 Å². The Balaban J connectivity index is 0.00000192. The van der Waals surface area contributed by atoms with Crippen LogP contribution in [0.15, 0.2) is 24.3 Å². The number of morpholine rings is 1. The molecule has 1 aromatic rings. The van der Waals surface area contributed by atoms with Crippen LogP contribution in [0.3, 0.4) is 0 Å². The number of hydrogen-bond donors (Lipinski definition) is 3. The lowest BCUT2D eigenvalue weighted by molar-refractivity contribution is 0.0513. The SMILES string of the molecule is Cl.OC(CNC1CCCC1C1COCCN1)c1ccc(F)cc1. The highest BCUT2D eigenvalue weighted by Crippen LogP contribution is 2.29. The predicted molar refractivity (Wildman–Crippen MR) is 90.3 cm³/mol. The second kappa shape index (κ2) is 8.94. The van der Waals surface area contributed by atoms with Crippen LogP contribution in [0.1, 0.15) is 30.9 Å². The molecule has 0 amide bonds. The van der Waals surface area contributed by atoms with Gasteiger partial charge >= 0.3 is 0 Å². The molecule has 4 unspecified atom stereocenters. The van der Waals surface area contributed by atoms with Crippen molar-refractivity contribution in [2.24, 2.45) is 5.92 Å². The Labute approximate surface area is 143 Å². The minimum absolute atomic E-state index is 0. The molecule has 1 heterocycles. The molecule has 0 bridgehead atoms. The number of rotatable bonds is 5. The first-order chi connectivity index (χ1) is 10.7. The van der Waals surface area contributed by atoms with Gasteiger partial charge in [0.2, 0.25) is 0 Å². The molecule has 0 radical (unpaired) electrons. The van der Waals surface area contributed by atoms with Crippen molar-refractivity contribution in [3.05, 3.63) is 35.6 Å². The van der Waals surface area contributed by atoms with Crippen LogP contribution in [-0.4, -0.2) is 43.5 Å². The van der Waals surface area contributed by atoms with Gasteiger partial charge in [-0.05, 0) is 36.5 Å². The van der Waals surface area contributed by atoms with E-state index in [4.69, 9.17) is 4.74 Å². The van der Waals surface area contributed by atoms with E-state index in [-0.39, 0.29) is 18.2 Å². The Morgan fingerprint density at radius 3 is 2.78 bits per heavy atom. The van der Waals surface area contributed by atoms with Crippen molar-refractivity contribution in [2.75, 3.05) is 26.3 Å². The predicted octanol–water partition coefficient (Wildman–Crippen LogP) is 2.03. The topological polar surface area (TPSA) is 53.5 Å². The molecule has 1 saturated carbocycles. The van der Waals surface area contributed by atoms with Gasteiger partial charge in [0.15, 0.2) is 0 Å². The highest BCUT2D eigenvalue weighted by molar-refractivity contribution is 5.85. The molecule has 1 aliphatic carbocycles. The highest BCUT2D eigenvalue weighted by Gasteiger charge is 2.34. The zero-order valence-corrected chi connectivity index (χ0v) is 14.0. The molecule has 6 heteroatoms. The molecular formula is C17H26ClFN2O2.